The zero-order chi connectivity index (χ0) is 24.5. The van der Waals surface area contributed by atoms with Crippen LogP contribution < -0.4 is 9.47 Å². The second-order valence-corrected chi connectivity index (χ2v) is 9.33. The van der Waals surface area contributed by atoms with Gasteiger partial charge in [-0.1, -0.05) is 25.5 Å². The van der Waals surface area contributed by atoms with E-state index < -0.39 is 11.9 Å². The third kappa shape index (κ3) is 4.71. The van der Waals surface area contributed by atoms with E-state index in [4.69, 9.17) is 9.47 Å². The lowest BCUT2D eigenvalue weighted by atomic mass is 9.86. The van der Waals surface area contributed by atoms with Gasteiger partial charge in [-0.25, -0.2) is 4.39 Å². The van der Waals surface area contributed by atoms with Crippen molar-refractivity contribution in [1.82, 2.24) is 4.90 Å². The fraction of sp³-hybridized carbons (Fsp3) is 0.310. The Kier molecular flexibility index (Phi) is 6.39. The van der Waals surface area contributed by atoms with Gasteiger partial charge in [-0.3, -0.25) is 4.90 Å². The zero-order valence-corrected chi connectivity index (χ0v) is 20.0. The van der Waals surface area contributed by atoms with E-state index in [9.17, 15) is 14.6 Å². The average Bonchev–Trinajstić information content (AvgIpc) is 2.83. The number of benzene rings is 3. The number of phenolic OH excluding ortho intramolecular Hbond substituents is 2. The number of ether oxygens (including phenoxy) is 2. The van der Waals surface area contributed by atoms with Crippen LogP contribution in [-0.2, 0) is 0 Å². The molecular weight excluding hydrogens is 445 g/mol. The summed E-state index contributed by atoms with van der Waals surface area (Å²) in [5, 5.41) is 20.1. The van der Waals surface area contributed by atoms with Crippen LogP contribution in [0.5, 0.6) is 23.0 Å². The Morgan fingerprint density at radius 1 is 0.971 bits per heavy atom. The molecule has 1 saturated heterocycles. The number of rotatable bonds is 7. The zero-order valence-electron chi connectivity index (χ0n) is 20.0. The quantitative estimate of drug-likeness (QED) is 0.437. The van der Waals surface area contributed by atoms with Gasteiger partial charge in [0.05, 0.1) is 0 Å². The summed E-state index contributed by atoms with van der Waals surface area (Å²) in [5.74, 6) is 1.82. The molecule has 0 aromatic heterocycles. The van der Waals surface area contributed by atoms with E-state index in [1.807, 2.05) is 31.2 Å². The summed E-state index contributed by atoms with van der Waals surface area (Å²) in [7, 11) is 0. The number of phenols is 2. The van der Waals surface area contributed by atoms with E-state index in [1.54, 1.807) is 18.2 Å². The van der Waals surface area contributed by atoms with Crippen molar-refractivity contribution in [2.45, 2.75) is 26.4 Å². The summed E-state index contributed by atoms with van der Waals surface area (Å²) in [6.07, 6.45) is 0.639. The summed E-state index contributed by atoms with van der Waals surface area (Å²) in [4.78, 5) is 2.40. The van der Waals surface area contributed by atoms with E-state index in [0.29, 0.717) is 23.5 Å². The summed E-state index contributed by atoms with van der Waals surface area (Å²) < 4.78 is 27.2. The number of aromatic hydroxyl groups is 2. The molecule has 3 aromatic carbocycles. The van der Waals surface area contributed by atoms with Gasteiger partial charge in [0.15, 0.2) is 0 Å². The molecule has 0 saturated carbocycles. The highest BCUT2D eigenvalue weighted by molar-refractivity contribution is 5.96. The molecule has 2 aliphatic rings. The Morgan fingerprint density at radius 2 is 1.66 bits per heavy atom. The van der Waals surface area contributed by atoms with Gasteiger partial charge in [0.25, 0.3) is 0 Å². The molecule has 0 bridgehead atoms. The monoisotopic (exact) mass is 475 g/mol. The highest BCUT2D eigenvalue weighted by Crippen LogP contribution is 2.48. The predicted octanol–water partition coefficient (Wildman–Crippen LogP) is 6.02. The minimum absolute atomic E-state index is 0.0293. The fourth-order valence-corrected chi connectivity index (χ4v) is 4.89. The molecule has 3 aromatic rings. The Labute approximate surface area is 205 Å². The normalized spacial score (nSPS) is 18.1. The molecule has 2 N–H and O–H groups in total. The topological polar surface area (TPSA) is 62.2 Å². The van der Waals surface area contributed by atoms with Gasteiger partial charge in [-0.2, -0.15) is 0 Å². The third-order valence-electron chi connectivity index (χ3n) is 6.99. The minimum Gasteiger partial charge on any atom is -0.508 e. The molecule has 0 aliphatic carbocycles. The van der Waals surface area contributed by atoms with Crippen molar-refractivity contribution in [2.75, 3.05) is 26.2 Å². The molecule has 0 radical (unpaired) electrons. The number of hydrogen-bond donors (Lipinski definition) is 2. The number of fused-ring (bicyclic) bond motifs is 1. The van der Waals surface area contributed by atoms with E-state index in [-0.39, 0.29) is 17.1 Å². The molecule has 1 fully saturated rings. The van der Waals surface area contributed by atoms with E-state index in [0.717, 1.165) is 42.4 Å². The molecule has 1 unspecified atom stereocenters. The van der Waals surface area contributed by atoms with Crippen LogP contribution in [0.4, 0.5) is 4.39 Å². The SMILES string of the molecule is CCC1CN(CCOc2ccc(C3Oc4ccc(O)cc4C(C)=C3c3cc(O)ccc3F)cc2)C1. The second kappa shape index (κ2) is 9.62. The first-order valence-corrected chi connectivity index (χ1v) is 12.1. The van der Waals surface area contributed by atoms with Crippen LogP contribution in [0.2, 0.25) is 0 Å². The maximum atomic E-state index is 14.9. The predicted molar refractivity (Wildman–Crippen MR) is 134 cm³/mol. The van der Waals surface area contributed by atoms with Crippen molar-refractivity contribution in [3.63, 3.8) is 0 Å². The molecule has 6 heteroatoms. The summed E-state index contributed by atoms with van der Waals surface area (Å²) in [6, 6.07) is 16.5. The molecule has 35 heavy (non-hydrogen) atoms. The maximum absolute atomic E-state index is 14.9. The van der Waals surface area contributed by atoms with Crippen molar-refractivity contribution in [1.29, 1.82) is 0 Å². The lowest BCUT2D eigenvalue weighted by molar-refractivity contribution is 0.0806. The molecule has 2 heterocycles. The van der Waals surface area contributed by atoms with Crippen molar-refractivity contribution in [3.8, 4) is 23.0 Å². The van der Waals surface area contributed by atoms with Crippen LogP contribution in [0.3, 0.4) is 0 Å². The molecule has 5 nitrogen and oxygen atoms in total. The van der Waals surface area contributed by atoms with Crippen LogP contribution in [0.15, 0.2) is 60.7 Å². The fourth-order valence-electron chi connectivity index (χ4n) is 4.89. The summed E-state index contributed by atoms with van der Waals surface area (Å²) in [6.45, 7) is 7.95. The lowest BCUT2D eigenvalue weighted by Crippen LogP contribution is -2.47. The van der Waals surface area contributed by atoms with E-state index in [2.05, 4.69) is 11.8 Å². The van der Waals surface area contributed by atoms with Crippen LogP contribution in [0.25, 0.3) is 11.1 Å². The Bertz CT molecular complexity index is 1250. The van der Waals surface area contributed by atoms with Gasteiger partial charge in [0, 0.05) is 36.3 Å². The van der Waals surface area contributed by atoms with Crippen LogP contribution in [-0.4, -0.2) is 41.4 Å². The molecule has 182 valence electrons. The summed E-state index contributed by atoms with van der Waals surface area (Å²) in [5.41, 5.74) is 3.17. The first-order valence-electron chi connectivity index (χ1n) is 12.1. The Morgan fingerprint density at radius 3 is 2.37 bits per heavy atom. The van der Waals surface area contributed by atoms with Gasteiger partial charge in [0.1, 0.15) is 41.5 Å². The number of allylic oxidation sites excluding steroid dienone is 1. The van der Waals surface area contributed by atoms with Crippen molar-refractivity contribution in [2.24, 2.45) is 5.92 Å². The molecule has 0 amide bonds. The van der Waals surface area contributed by atoms with Gasteiger partial charge >= 0.3 is 0 Å². The van der Waals surface area contributed by atoms with Gasteiger partial charge in [0.2, 0.25) is 0 Å². The first-order chi connectivity index (χ1) is 16.9. The molecule has 2 aliphatic heterocycles. The van der Waals surface area contributed by atoms with Crippen molar-refractivity contribution >= 4 is 11.1 Å². The molecule has 1 atom stereocenters. The van der Waals surface area contributed by atoms with Gasteiger partial charge in [-0.05, 0) is 72.5 Å². The minimum atomic E-state index is -0.593. The molecule has 5 rings (SSSR count). The number of nitrogens with zero attached hydrogens (tertiary/aromatic N) is 1. The summed E-state index contributed by atoms with van der Waals surface area (Å²) >= 11 is 0. The van der Waals surface area contributed by atoms with Crippen molar-refractivity contribution in [3.05, 3.63) is 83.2 Å². The first kappa shape index (κ1) is 23.2. The number of hydrogen-bond acceptors (Lipinski definition) is 5. The maximum Gasteiger partial charge on any atom is 0.150 e. The van der Waals surface area contributed by atoms with E-state index in [1.165, 1.54) is 24.6 Å². The van der Waals surface area contributed by atoms with Crippen LogP contribution >= 0.6 is 0 Å². The highest BCUT2D eigenvalue weighted by Gasteiger charge is 2.31. The average molecular weight is 476 g/mol. The number of halogens is 1. The van der Waals surface area contributed by atoms with Crippen molar-refractivity contribution < 1.29 is 24.1 Å². The number of likely N-dealkylation sites (tertiary alicyclic amines) is 1. The molecular formula is C29H30FNO4. The van der Waals surface area contributed by atoms with E-state index >= 15 is 0 Å². The molecule has 0 spiro atoms. The van der Waals surface area contributed by atoms with Crippen LogP contribution in [0.1, 0.15) is 43.1 Å². The standard InChI is InChI=1S/C29H30FNO4/c1-3-19-16-31(17-19)12-13-34-23-8-4-20(5-9-23)29-28(25-15-21(32)6-10-26(25)30)18(2)24-14-22(33)7-11-27(24)35-29/h4-11,14-15,19,29,32-33H,3,12-13,16-17H2,1-2H3. The third-order valence-corrected chi connectivity index (χ3v) is 6.99. The lowest BCUT2D eigenvalue weighted by Gasteiger charge is -2.38. The van der Waals surface area contributed by atoms with Gasteiger partial charge in [-0.15, -0.1) is 0 Å². The second-order valence-electron chi connectivity index (χ2n) is 9.33. The Hall–Kier alpha value is -3.51. The Balaban J connectivity index is 1.41. The van der Waals surface area contributed by atoms with Gasteiger partial charge < -0.3 is 19.7 Å². The van der Waals surface area contributed by atoms with Crippen LogP contribution in [0, 0.1) is 11.7 Å². The largest absolute Gasteiger partial charge is 0.508 e. The highest BCUT2D eigenvalue weighted by atomic mass is 19.1. The smallest absolute Gasteiger partial charge is 0.150 e.